The van der Waals surface area contributed by atoms with E-state index in [1.807, 2.05) is 32.2 Å². The lowest BCUT2D eigenvalue weighted by Gasteiger charge is -2.24. The quantitative estimate of drug-likeness (QED) is 0.759. The lowest BCUT2D eigenvalue weighted by Crippen LogP contribution is -2.37. The molecule has 1 unspecified atom stereocenters. The second-order valence-electron chi connectivity index (χ2n) is 7.43. The zero-order valence-electron chi connectivity index (χ0n) is 16.4. The van der Waals surface area contributed by atoms with Crippen molar-refractivity contribution in [1.82, 2.24) is 14.9 Å². The Morgan fingerprint density at radius 3 is 2.75 bits per heavy atom. The van der Waals surface area contributed by atoms with E-state index in [0.717, 1.165) is 41.8 Å². The van der Waals surface area contributed by atoms with Crippen LogP contribution in [0.2, 0.25) is 0 Å². The highest BCUT2D eigenvalue weighted by Crippen LogP contribution is 2.33. The predicted octanol–water partition coefficient (Wildman–Crippen LogP) is 3.37. The Balaban J connectivity index is 1.81. The van der Waals surface area contributed by atoms with Crippen molar-refractivity contribution in [2.45, 2.75) is 26.3 Å². The van der Waals surface area contributed by atoms with Crippen LogP contribution in [0.5, 0.6) is 5.75 Å². The topological polar surface area (TPSA) is 69.6 Å². The number of rotatable bonds is 3. The Bertz CT molecular complexity index is 1050. The number of aromatic nitrogens is 2. The van der Waals surface area contributed by atoms with Gasteiger partial charge in [-0.1, -0.05) is 18.2 Å². The van der Waals surface area contributed by atoms with Gasteiger partial charge in [-0.15, -0.1) is 0 Å². The Morgan fingerprint density at radius 1 is 1.21 bits per heavy atom. The fourth-order valence-corrected chi connectivity index (χ4v) is 3.75. The number of benzene rings is 2. The number of phenolic OH excluding ortho intramolecular Hbond substituents is 1. The van der Waals surface area contributed by atoms with Crippen molar-refractivity contribution < 1.29 is 9.90 Å². The lowest BCUT2D eigenvalue weighted by molar-refractivity contribution is -0.129. The summed E-state index contributed by atoms with van der Waals surface area (Å²) in [7, 11) is 1.85. The molecule has 6 nitrogen and oxygen atoms in total. The molecule has 1 aromatic heterocycles. The summed E-state index contributed by atoms with van der Waals surface area (Å²) >= 11 is 0. The standard InChI is InChI=1S/C22H24N4O2/c1-14-8-9-17-19(12-14)23-21(18-6-4-5-7-20(18)28)24-22(17)26-11-10-16(13-26)25(3)15(2)27/h4-9,12,16,28H,10-11,13H2,1-3H3. The third kappa shape index (κ3) is 3.26. The summed E-state index contributed by atoms with van der Waals surface area (Å²) in [5, 5.41) is 11.3. The Hall–Kier alpha value is -3.15. The minimum Gasteiger partial charge on any atom is -0.507 e. The van der Waals surface area contributed by atoms with Crippen LogP contribution in [0.1, 0.15) is 18.9 Å². The average Bonchev–Trinajstić information content (AvgIpc) is 3.16. The minimum absolute atomic E-state index is 0.0740. The molecule has 1 aliphatic rings. The maximum absolute atomic E-state index is 11.8. The molecule has 144 valence electrons. The number of aromatic hydroxyl groups is 1. The van der Waals surface area contributed by atoms with Gasteiger partial charge in [0.2, 0.25) is 5.91 Å². The molecule has 6 heteroatoms. The molecule has 0 aliphatic carbocycles. The van der Waals surface area contributed by atoms with Gasteiger partial charge in [0.15, 0.2) is 5.82 Å². The number of para-hydroxylation sites is 1. The Labute approximate surface area is 164 Å². The molecule has 0 radical (unpaired) electrons. The van der Waals surface area contributed by atoms with E-state index in [2.05, 4.69) is 17.0 Å². The fraction of sp³-hybridized carbons (Fsp3) is 0.318. The first kappa shape index (κ1) is 18.2. The first-order valence-corrected chi connectivity index (χ1v) is 9.49. The molecule has 1 atom stereocenters. The first-order chi connectivity index (χ1) is 13.4. The van der Waals surface area contributed by atoms with Crippen LogP contribution in [-0.4, -0.2) is 52.1 Å². The molecule has 1 aliphatic heterocycles. The Kier molecular flexibility index (Phi) is 4.63. The van der Waals surface area contributed by atoms with Gasteiger partial charge in [-0.3, -0.25) is 4.79 Å². The maximum Gasteiger partial charge on any atom is 0.219 e. The molecule has 4 rings (SSSR count). The van der Waals surface area contributed by atoms with Crippen molar-refractivity contribution in [2.75, 3.05) is 25.0 Å². The molecule has 1 amide bonds. The molecular formula is C22H24N4O2. The number of fused-ring (bicyclic) bond motifs is 1. The number of anilines is 1. The van der Waals surface area contributed by atoms with E-state index in [1.54, 1.807) is 24.0 Å². The third-order valence-electron chi connectivity index (χ3n) is 5.48. The molecule has 1 fully saturated rings. The predicted molar refractivity (Wildman–Crippen MR) is 110 cm³/mol. The summed E-state index contributed by atoms with van der Waals surface area (Å²) < 4.78 is 0. The van der Waals surface area contributed by atoms with Crippen LogP contribution in [0, 0.1) is 6.92 Å². The zero-order valence-corrected chi connectivity index (χ0v) is 16.4. The number of nitrogens with zero attached hydrogens (tertiary/aromatic N) is 4. The van der Waals surface area contributed by atoms with E-state index < -0.39 is 0 Å². The van der Waals surface area contributed by atoms with Gasteiger partial charge in [-0.2, -0.15) is 0 Å². The highest BCUT2D eigenvalue weighted by atomic mass is 16.3. The number of hydrogen-bond acceptors (Lipinski definition) is 5. The van der Waals surface area contributed by atoms with Gasteiger partial charge >= 0.3 is 0 Å². The number of carbonyl (C=O) groups is 1. The van der Waals surface area contributed by atoms with Crippen LogP contribution in [0.25, 0.3) is 22.3 Å². The van der Waals surface area contributed by atoms with E-state index in [1.165, 1.54) is 0 Å². The van der Waals surface area contributed by atoms with Gasteiger partial charge in [0, 0.05) is 32.4 Å². The van der Waals surface area contributed by atoms with Crippen LogP contribution >= 0.6 is 0 Å². The van der Waals surface area contributed by atoms with Gasteiger partial charge in [0.25, 0.3) is 0 Å². The maximum atomic E-state index is 11.8. The number of carbonyl (C=O) groups excluding carboxylic acids is 1. The Morgan fingerprint density at radius 2 is 2.00 bits per heavy atom. The number of hydrogen-bond donors (Lipinski definition) is 1. The van der Waals surface area contributed by atoms with E-state index in [0.29, 0.717) is 11.4 Å². The van der Waals surface area contributed by atoms with Crippen LogP contribution in [0.15, 0.2) is 42.5 Å². The highest BCUT2D eigenvalue weighted by Gasteiger charge is 2.29. The summed E-state index contributed by atoms with van der Waals surface area (Å²) in [6.45, 7) is 5.19. The molecule has 28 heavy (non-hydrogen) atoms. The van der Waals surface area contributed by atoms with E-state index in [4.69, 9.17) is 9.97 Å². The number of likely N-dealkylation sites (N-methyl/N-ethyl adjacent to an activating group) is 1. The van der Waals surface area contributed by atoms with Crippen LogP contribution in [-0.2, 0) is 4.79 Å². The zero-order chi connectivity index (χ0) is 19.8. The molecule has 2 aromatic carbocycles. The van der Waals surface area contributed by atoms with Crippen molar-refractivity contribution in [3.8, 4) is 17.1 Å². The van der Waals surface area contributed by atoms with Crippen molar-refractivity contribution in [1.29, 1.82) is 0 Å². The summed E-state index contributed by atoms with van der Waals surface area (Å²) in [5.74, 6) is 1.60. The average molecular weight is 376 g/mol. The van der Waals surface area contributed by atoms with E-state index in [9.17, 15) is 9.90 Å². The molecule has 0 bridgehead atoms. The van der Waals surface area contributed by atoms with E-state index >= 15 is 0 Å². The van der Waals surface area contributed by atoms with Crippen molar-refractivity contribution in [3.05, 3.63) is 48.0 Å². The first-order valence-electron chi connectivity index (χ1n) is 9.49. The van der Waals surface area contributed by atoms with E-state index in [-0.39, 0.29) is 17.7 Å². The van der Waals surface area contributed by atoms with Crippen molar-refractivity contribution >= 4 is 22.6 Å². The highest BCUT2D eigenvalue weighted by molar-refractivity contribution is 5.92. The molecule has 3 aromatic rings. The molecule has 0 saturated carbocycles. The molecule has 2 heterocycles. The van der Waals surface area contributed by atoms with Crippen LogP contribution < -0.4 is 4.90 Å². The summed E-state index contributed by atoms with van der Waals surface area (Å²) in [5.41, 5.74) is 2.59. The fourth-order valence-electron chi connectivity index (χ4n) is 3.75. The van der Waals surface area contributed by atoms with Gasteiger partial charge in [0.1, 0.15) is 11.6 Å². The smallest absolute Gasteiger partial charge is 0.219 e. The van der Waals surface area contributed by atoms with Gasteiger partial charge in [-0.05, 0) is 43.2 Å². The lowest BCUT2D eigenvalue weighted by atomic mass is 10.1. The number of amides is 1. The molecular weight excluding hydrogens is 352 g/mol. The molecule has 0 spiro atoms. The summed E-state index contributed by atoms with van der Waals surface area (Å²) in [4.78, 5) is 25.3. The monoisotopic (exact) mass is 376 g/mol. The second kappa shape index (κ2) is 7.11. The van der Waals surface area contributed by atoms with Gasteiger partial charge in [0.05, 0.1) is 17.1 Å². The third-order valence-corrected chi connectivity index (χ3v) is 5.48. The van der Waals surface area contributed by atoms with Gasteiger partial charge in [-0.25, -0.2) is 9.97 Å². The largest absolute Gasteiger partial charge is 0.507 e. The summed E-state index contributed by atoms with van der Waals surface area (Å²) in [6.07, 6.45) is 0.902. The van der Waals surface area contributed by atoms with Crippen molar-refractivity contribution in [3.63, 3.8) is 0 Å². The van der Waals surface area contributed by atoms with Crippen molar-refractivity contribution in [2.24, 2.45) is 0 Å². The van der Waals surface area contributed by atoms with Crippen LogP contribution in [0.4, 0.5) is 5.82 Å². The summed E-state index contributed by atoms with van der Waals surface area (Å²) in [6, 6.07) is 13.4. The number of phenols is 1. The van der Waals surface area contributed by atoms with Gasteiger partial charge < -0.3 is 14.9 Å². The molecule has 1 saturated heterocycles. The normalized spacial score (nSPS) is 16.5. The SMILES string of the molecule is CC(=O)N(C)C1CCN(c2nc(-c3ccccc3O)nc3cc(C)ccc23)C1. The molecule has 1 N–H and O–H groups in total. The minimum atomic E-state index is 0.0740. The second-order valence-corrected chi connectivity index (χ2v) is 7.43. The number of aryl methyl sites for hydroxylation is 1. The van der Waals surface area contributed by atoms with Crippen LogP contribution in [0.3, 0.4) is 0 Å².